The SMILES string of the molecule is COC(=O)CN(CCN)C(C)C. The summed E-state index contributed by atoms with van der Waals surface area (Å²) in [4.78, 5) is 12.9. The van der Waals surface area contributed by atoms with E-state index in [0.717, 1.165) is 6.54 Å². The third kappa shape index (κ3) is 4.31. The third-order valence-corrected chi connectivity index (χ3v) is 1.71. The van der Waals surface area contributed by atoms with Crippen molar-refractivity contribution in [1.29, 1.82) is 0 Å². The van der Waals surface area contributed by atoms with Gasteiger partial charge in [0.25, 0.3) is 0 Å². The van der Waals surface area contributed by atoms with E-state index in [4.69, 9.17) is 5.73 Å². The number of rotatable bonds is 5. The van der Waals surface area contributed by atoms with E-state index >= 15 is 0 Å². The van der Waals surface area contributed by atoms with E-state index in [1.54, 1.807) is 0 Å². The van der Waals surface area contributed by atoms with Crippen molar-refractivity contribution in [3.8, 4) is 0 Å². The Bertz CT molecular complexity index is 137. The quantitative estimate of drug-likeness (QED) is 0.588. The minimum atomic E-state index is -0.211. The first-order chi connectivity index (χ1) is 5.61. The highest BCUT2D eigenvalue weighted by Crippen LogP contribution is 1.96. The smallest absolute Gasteiger partial charge is 0.319 e. The van der Waals surface area contributed by atoms with Gasteiger partial charge in [-0.15, -0.1) is 0 Å². The van der Waals surface area contributed by atoms with Gasteiger partial charge in [0, 0.05) is 19.1 Å². The highest BCUT2D eigenvalue weighted by Gasteiger charge is 2.12. The molecule has 0 amide bonds. The molecule has 0 heterocycles. The van der Waals surface area contributed by atoms with Gasteiger partial charge in [0.2, 0.25) is 0 Å². The maximum atomic E-state index is 10.9. The van der Waals surface area contributed by atoms with E-state index < -0.39 is 0 Å². The van der Waals surface area contributed by atoms with E-state index in [1.807, 2.05) is 18.7 Å². The minimum absolute atomic E-state index is 0.211. The molecule has 0 radical (unpaired) electrons. The number of methoxy groups -OCH3 is 1. The van der Waals surface area contributed by atoms with Gasteiger partial charge in [-0.1, -0.05) is 0 Å². The average molecular weight is 174 g/mol. The van der Waals surface area contributed by atoms with Crippen LogP contribution in [0.5, 0.6) is 0 Å². The molecule has 0 atom stereocenters. The Kier molecular flexibility index (Phi) is 5.66. The van der Waals surface area contributed by atoms with Gasteiger partial charge < -0.3 is 10.5 Å². The van der Waals surface area contributed by atoms with E-state index in [-0.39, 0.29) is 5.97 Å². The normalized spacial score (nSPS) is 10.8. The van der Waals surface area contributed by atoms with Crippen LogP contribution in [0.4, 0.5) is 0 Å². The van der Waals surface area contributed by atoms with Crippen molar-refractivity contribution in [2.24, 2.45) is 5.73 Å². The van der Waals surface area contributed by atoms with Crippen LogP contribution in [-0.2, 0) is 9.53 Å². The molecule has 0 aromatic carbocycles. The molecule has 0 fully saturated rings. The van der Waals surface area contributed by atoms with Gasteiger partial charge >= 0.3 is 5.97 Å². The van der Waals surface area contributed by atoms with Crippen molar-refractivity contribution in [3.05, 3.63) is 0 Å². The second-order valence-corrected chi connectivity index (χ2v) is 2.93. The Morgan fingerprint density at radius 2 is 2.17 bits per heavy atom. The number of carbonyl (C=O) groups excluding carboxylic acids is 1. The number of esters is 1. The molecule has 0 saturated heterocycles. The fourth-order valence-electron chi connectivity index (χ4n) is 0.916. The number of nitrogens with zero attached hydrogens (tertiary/aromatic N) is 1. The predicted octanol–water partition coefficient (Wildman–Crippen LogP) is -0.171. The second kappa shape index (κ2) is 5.97. The van der Waals surface area contributed by atoms with Crippen molar-refractivity contribution in [3.63, 3.8) is 0 Å². The van der Waals surface area contributed by atoms with Crippen molar-refractivity contribution in [1.82, 2.24) is 4.90 Å². The van der Waals surface area contributed by atoms with Crippen LogP contribution in [0.25, 0.3) is 0 Å². The van der Waals surface area contributed by atoms with Gasteiger partial charge in [0.15, 0.2) is 0 Å². The van der Waals surface area contributed by atoms with Crippen LogP contribution < -0.4 is 5.73 Å². The monoisotopic (exact) mass is 174 g/mol. The van der Waals surface area contributed by atoms with Crippen LogP contribution in [0.2, 0.25) is 0 Å². The first-order valence-electron chi connectivity index (χ1n) is 4.12. The molecule has 0 aliphatic heterocycles. The van der Waals surface area contributed by atoms with E-state index in [1.165, 1.54) is 7.11 Å². The second-order valence-electron chi connectivity index (χ2n) is 2.93. The van der Waals surface area contributed by atoms with Crippen molar-refractivity contribution < 1.29 is 9.53 Å². The number of carbonyl (C=O) groups is 1. The highest BCUT2D eigenvalue weighted by molar-refractivity contribution is 5.71. The van der Waals surface area contributed by atoms with Crippen LogP contribution in [0, 0.1) is 0 Å². The molecule has 4 nitrogen and oxygen atoms in total. The number of nitrogens with two attached hydrogens (primary N) is 1. The molecule has 0 aromatic rings. The summed E-state index contributed by atoms with van der Waals surface area (Å²) in [7, 11) is 1.39. The molecule has 0 spiro atoms. The Balaban J connectivity index is 3.86. The largest absolute Gasteiger partial charge is 0.468 e. The molecule has 72 valence electrons. The molecule has 2 N–H and O–H groups in total. The van der Waals surface area contributed by atoms with Crippen LogP contribution in [0.3, 0.4) is 0 Å². The topological polar surface area (TPSA) is 55.6 Å². The Morgan fingerprint density at radius 3 is 2.50 bits per heavy atom. The van der Waals surface area contributed by atoms with Crippen molar-refractivity contribution in [2.45, 2.75) is 19.9 Å². The first-order valence-corrected chi connectivity index (χ1v) is 4.12. The summed E-state index contributed by atoms with van der Waals surface area (Å²) in [6.07, 6.45) is 0. The molecule has 12 heavy (non-hydrogen) atoms. The minimum Gasteiger partial charge on any atom is -0.468 e. The van der Waals surface area contributed by atoms with Gasteiger partial charge in [-0.2, -0.15) is 0 Å². The number of hydrogen-bond acceptors (Lipinski definition) is 4. The van der Waals surface area contributed by atoms with E-state index in [9.17, 15) is 4.79 Å². The zero-order chi connectivity index (χ0) is 9.56. The molecule has 4 heteroatoms. The first kappa shape index (κ1) is 11.4. The van der Waals surface area contributed by atoms with E-state index in [2.05, 4.69) is 4.74 Å². The van der Waals surface area contributed by atoms with Gasteiger partial charge in [-0.25, -0.2) is 0 Å². The number of ether oxygens (including phenoxy) is 1. The lowest BCUT2D eigenvalue weighted by molar-refractivity contribution is -0.142. The van der Waals surface area contributed by atoms with Crippen LogP contribution in [0.1, 0.15) is 13.8 Å². The zero-order valence-corrected chi connectivity index (χ0v) is 8.04. The molecular formula is C8H18N2O2. The summed E-state index contributed by atoms with van der Waals surface area (Å²) >= 11 is 0. The van der Waals surface area contributed by atoms with Crippen molar-refractivity contribution in [2.75, 3.05) is 26.7 Å². The van der Waals surface area contributed by atoms with Crippen LogP contribution >= 0.6 is 0 Å². The maximum absolute atomic E-state index is 10.9. The van der Waals surface area contributed by atoms with Gasteiger partial charge in [-0.05, 0) is 13.8 Å². The Morgan fingerprint density at radius 1 is 1.58 bits per heavy atom. The summed E-state index contributed by atoms with van der Waals surface area (Å²) in [5.41, 5.74) is 5.39. The van der Waals surface area contributed by atoms with E-state index in [0.29, 0.717) is 19.1 Å². The van der Waals surface area contributed by atoms with Crippen LogP contribution in [0.15, 0.2) is 0 Å². The zero-order valence-electron chi connectivity index (χ0n) is 8.04. The number of hydrogen-bond donors (Lipinski definition) is 1. The van der Waals surface area contributed by atoms with Crippen LogP contribution in [-0.4, -0.2) is 43.7 Å². The molecule has 0 unspecified atom stereocenters. The fraction of sp³-hybridized carbons (Fsp3) is 0.875. The molecule has 0 rings (SSSR count). The summed E-state index contributed by atoms with van der Waals surface area (Å²) in [5, 5.41) is 0. The van der Waals surface area contributed by atoms with Crippen molar-refractivity contribution >= 4 is 5.97 Å². The maximum Gasteiger partial charge on any atom is 0.319 e. The lowest BCUT2D eigenvalue weighted by Gasteiger charge is -2.23. The lowest BCUT2D eigenvalue weighted by Crippen LogP contribution is -2.39. The molecule has 0 aromatic heterocycles. The van der Waals surface area contributed by atoms with Gasteiger partial charge in [0.05, 0.1) is 13.7 Å². The lowest BCUT2D eigenvalue weighted by atomic mass is 10.3. The molecule has 0 aliphatic rings. The average Bonchev–Trinajstić information content (AvgIpc) is 2.03. The Labute approximate surface area is 73.7 Å². The molecular weight excluding hydrogens is 156 g/mol. The molecule has 0 saturated carbocycles. The Hall–Kier alpha value is -0.610. The highest BCUT2D eigenvalue weighted by atomic mass is 16.5. The summed E-state index contributed by atoms with van der Waals surface area (Å²) in [6.45, 7) is 5.67. The molecule has 0 aliphatic carbocycles. The predicted molar refractivity (Wildman–Crippen MR) is 47.8 cm³/mol. The van der Waals surface area contributed by atoms with Gasteiger partial charge in [-0.3, -0.25) is 9.69 Å². The fourth-order valence-corrected chi connectivity index (χ4v) is 0.916. The third-order valence-electron chi connectivity index (χ3n) is 1.71. The molecule has 0 bridgehead atoms. The summed E-state index contributed by atoms with van der Waals surface area (Å²) in [6, 6.07) is 0.327. The summed E-state index contributed by atoms with van der Waals surface area (Å²) < 4.78 is 4.56. The summed E-state index contributed by atoms with van der Waals surface area (Å²) in [5.74, 6) is -0.211. The standard InChI is InChI=1S/C8H18N2O2/c1-7(2)10(5-4-9)6-8(11)12-3/h7H,4-6,9H2,1-3H3. The van der Waals surface area contributed by atoms with Gasteiger partial charge in [0.1, 0.15) is 0 Å².